The maximum absolute atomic E-state index is 12.1. The molecule has 2 aromatic heterocycles. The third-order valence-electron chi connectivity index (χ3n) is 10.7. The highest BCUT2D eigenvalue weighted by molar-refractivity contribution is 6.33. The first kappa shape index (κ1) is 38.1. The molecule has 0 unspecified atom stereocenters. The topological polar surface area (TPSA) is 154 Å². The number of pyridine rings is 2. The number of nitrogens with one attached hydrogen (secondary N) is 1. The lowest BCUT2D eigenvalue weighted by atomic mass is 9.88. The lowest BCUT2D eigenvalue weighted by Crippen LogP contribution is -2.37. The van der Waals surface area contributed by atoms with Gasteiger partial charge in [-0.15, -0.1) is 0 Å². The molecule has 0 bridgehead atoms. The van der Waals surface area contributed by atoms with Crippen LogP contribution in [-0.2, 0) is 30.4 Å². The van der Waals surface area contributed by atoms with Crippen molar-refractivity contribution in [2.45, 2.75) is 58.3 Å². The van der Waals surface area contributed by atoms with Gasteiger partial charge in [-0.1, -0.05) is 46.5 Å². The monoisotopic (exact) mass is 782 g/mol. The SMILES string of the molecule is CCOC(=O)N1CCC(=C2c3cc([N+](=O)[O-])c(Cl)cc3CCc3cccnc32)CC1.O=[N+]([O-])c1cc2c(cc1Cl)CCc1cccnc1C2=C1CCNCC1. The van der Waals surface area contributed by atoms with Crippen molar-refractivity contribution in [3.05, 3.63) is 147 Å². The van der Waals surface area contributed by atoms with Gasteiger partial charge >= 0.3 is 6.09 Å². The Morgan fingerprint density at radius 2 is 1.18 bits per heavy atom. The van der Waals surface area contributed by atoms with E-state index < -0.39 is 9.85 Å². The minimum atomic E-state index is -0.446. The van der Waals surface area contributed by atoms with Crippen molar-refractivity contribution >= 4 is 51.8 Å². The Balaban J connectivity index is 0.000000172. The standard InChI is InChI=1S/C22H22ClN3O4.C19H18ClN3O2/c1-2-30-22(27)25-10-7-14(8-11-25)20-17-13-19(26(28)29)18(23)12-16(17)6-5-15-4-3-9-24-21(15)20;20-16-10-14-4-3-13-2-1-7-22-19(13)18(12-5-8-21-9-6-12)15(14)11-17(16)23(24)25/h3-4,9,12-13H,2,5-8,10-11H2,1H3;1-2,7,10-11,21H,3-6,8-9H2. The summed E-state index contributed by atoms with van der Waals surface area (Å²) in [6, 6.07) is 14.7. The van der Waals surface area contributed by atoms with Crippen molar-refractivity contribution in [2.24, 2.45) is 0 Å². The van der Waals surface area contributed by atoms with Crippen LogP contribution >= 0.6 is 23.2 Å². The summed E-state index contributed by atoms with van der Waals surface area (Å²) in [5.41, 5.74) is 12.3. The van der Waals surface area contributed by atoms with Crippen molar-refractivity contribution in [2.75, 3.05) is 32.8 Å². The highest BCUT2D eigenvalue weighted by Gasteiger charge is 2.30. The molecule has 1 N–H and O–H groups in total. The summed E-state index contributed by atoms with van der Waals surface area (Å²) < 4.78 is 5.12. The first-order chi connectivity index (χ1) is 26.6. The third kappa shape index (κ3) is 7.98. The van der Waals surface area contributed by atoms with E-state index in [4.69, 9.17) is 27.9 Å². The lowest BCUT2D eigenvalue weighted by molar-refractivity contribution is -0.384. The third-order valence-corrected chi connectivity index (χ3v) is 11.3. The van der Waals surface area contributed by atoms with Crippen LogP contribution in [0.4, 0.5) is 16.2 Å². The molecular formula is C41H40Cl2N6O6. The number of nitrogens with zero attached hydrogens (tertiary/aromatic N) is 5. The van der Waals surface area contributed by atoms with Crippen molar-refractivity contribution in [3.63, 3.8) is 0 Å². The van der Waals surface area contributed by atoms with Crippen molar-refractivity contribution in [1.82, 2.24) is 20.2 Å². The summed E-state index contributed by atoms with van der Waals surface area (Å²) in [4.78, 5) is 45.2. The van der Waals surface area contributed by atoms with Crippen LogP contribution in [0.5, 0.6) is 0 Å². The summed E-state index contributed by atoms with van der Waals surface area (Å²) in [7, 11) is 0. The van der Waals surface area contributed by atoms with E-state index >= 15 is 0 Å². The highest BCUT2D eigenvalue weighted by Crippen LogP contribution is 2.42. The smallest absolute Gasteiger partial charge is 0.409 e. The van der Waals surface area contributed by atoms with Gasteiger partial charge in [-0.2, -0.15) is 0 Å². The molecule has 12 nitrogen and oxygen atoms in total. The number of nitro benzene ring substituents is 2. The Kier molecular flexibility index (Phi) is 11.6. The largest absolute Gasteiger partial charge is 0.450 e. The molecule has 4 aliphatic rings. The predicted molar refractivity (Wildman–Crippen MR) is 211 cm³/mol. The normalized spacial score (nSPS) is 16.3. The number of benzene rings is 2. The molecule has 2 aliphatic carbocycles. The molecule has 4 aromatic rings. The molecule has 0 atom stereocenters. The fourth-order valence-electron chi connectivity index (χ4n) is 8.01. The molecule has 55 heavy (non-hydrogen) atoms. The van der Waals surface area contributed by atoms with Gasteiger partial charge in [0.1, 0.15) is 10.0 Å². The number of carbonyl (C=O) groups excluding carboxylic acids is 1. The summed E-state index contributed by atoms with van der Waals surface area (Å²) >= 11 is 12.4. The van der Waals surface area contributed by atoms with Gasteiger partial charge in [0, 0.05) is 48.8 Å². The van der Waals surface area contributed by atoms with Gasteiger partial charge in [-0.05, 0) is 129 Å². The molecule has 1 amide bonds. The number of rotatable bonds is 3. The zero-order valence-corrected chi connectivity index (χ0v) is 31.9. The Morgan fingerprint density at radius 3 is 1.64 bits per heavy atom. The molecule has 2 saturated heterocycles. The minimum Gasteiger partial charge on any atom is -0.450 e. The molecule has 2 aromatic carbocycles. The Hall–Kier alpha value is -5.17. The molecular weight excluding hydrogens is 743 g/mol. The highest BCUT2D eigenvalue weighted by atomic mass is 35.5. The molecule has 4 heterocycles. The van der Waals surface area contributed by atoms with Gasteiger partial charge in [-0.3, -0.25) is 30.2 Å². The second kappa shape index (κ2) is 16.7. The number of ether oxygens (including phenoxy) is 1. The zero-order chi connectivity index (χ0) is 38.6. The fourth-order valence-corrected chi connectivity index (χ4v) is 8.52. The van der Waals surface area contributed by atoms with Crippen LogP contribution in [0.25, 0.3) is 11.1 Å². The van der Waals surface area contributed by atoms with Crippen molar-refractivity contribution in [3.8, 4) is 0 Å². The van der Waals surface area contributed by atoms with E-state index in [0.29, 0.717) is 32.5 Å². The van der Waals surface area contributed by atoms with E-state index in [-0.39, 0.29) is 27.5 Å². The number of aryl methyl sites for hydroxylation is 4. The quantitative estimate of drug-likeness (QED) is 0.159. The van der Waals surface area contributed by atoms with E-state index in [2.05, 4.69) is 27.4 Å². The van der Waals surface area contributed by atoms with Crippen LogP contribution in [0.3, 0.4) is 0 Å². The van der Waals surface area contributed by atoms with Gasteiger partial charge in [0.05, 0.1) is 27.8 Å². The Labute approximate surface area is 328 Å². The maximum atomic E-state index is 12.1. The van der Waals surface area contributed by atoms with Crippen molar-refractivity contribution in [1.29, 1.82) is 0 Å². The van der Waals surface area contributed by atoms with Gasteiger partial charge in [0.2, 0.25) is 0 Å². The van der Waals surface area contributed by atoms with Crippen LogP contribution in [-0.4, -0.2) is 63.6 Å². The number of nitro groups is 2. The van der Waals surface area contributed by atoms with Gasteiger partial charge in [0.25, 0.3) is 11.4 Å². The molecule has 2 fully saturated rings. The Morgan fingerprint density at radius 1 is 0.727 bits per heavy atom. The number of halogens is 2. The molecule has 0 spiro atoms. The predicted octanol–water partition coefficient (Wildman–Crippen LogP) is 8.72. The van der Waals surface area contributed by atoms with Crippen LogP contribution in [0, 0.1) is 20.2 Å². The summed E-state index contributed by atoms with van der Waals surface area (Å²) in [5.74, 6) is 0. The number of aromatic nitrogens is 2. The Bertz CT molecular complexity index is 2240. The zero-order valence-electron chi connectivity index (χ0n) is 30.4. The average molecular weight is 784 g/mol. The number of likely N-dealkylation sites (tertiary alicyclic amines) is 1. The van der Waals surface area contributed by atoms with Crippen LogP contribution in [0.2, 0.25) is 10.0 Å². The van der Waals surface area contributed by atoms with Crippen molar-refractivity contribution < 1.29 is 19.4 Å². The molecule has 2 aliphatic heterocycles. The number of carbonyl (C=O) groups is 1. The van der Waals surface area contributed by atoms with E-state index in [1.54, 1.807) is 48.5 Å². The van der Waals surface area contributed by atoms with Gasteiger partial charge < -0.3 is 15.0 Å². The first-order valence-corrected chi connectivity index (χ1v) is 19.3. The number of hydrogen-bond acceptors (Lipinski definition) is 9. The second-order valence-corrected chi connectivity index (χ2v) is 14.7. The second-order valence-electron chi connectivity index (χ2n) is 13.9. The van der Waals surface area contributed by atoms with E-state index in [1.807, 2.05) is 12.1 Å². The van der Waals surface area contributed by atoms with E-state index in [9.17, 15) is 25.0 Å². The van der Waals surface area contributed by atoms with Gasteiger partial charge in [-0.25, -0.2) is 4.79 Å². The average Bonchev–Trinajstić information content (AvgIpc) is 3.45. The first-order valence-electron chi connectivity index (χ1n) is 18.5. The number of hydrogen-bond donors (Lipinski definition) is 1. The molecule has 14 heteroatoms. The molecule has 0 saturated carbocycles. The number of amides is 1. The van der Waals surface area contributed by atoms with Gasteiger partial charge in [0.15, 0.2) is 0 Å². The number of piperidine rings is 2. The lowest BCUT2D eigenvalue weighted by Gasteiger charge is -2.29. The van der Waals surface area contributed by atoms with Crippen LogP contribution < -0.4 is 5.32 Å². The van der Waals surface area contributed by atoms with E-state index in [1.165, 1.54) is 11.1 Å². The van der Waals surface area contributed by atoms with Crippen LogP contribution in [0.15, 0.2) is 72.1 Å². The maximum Gasteiger partial charge on any atom is 0.409 e. The molecule has 0 radical (unpaired) electrons. The minimum absolute atomic E-state index is 0.0353. The van der Waals surface area contributed by atoms with E-state index in [0.717, 1.165) is 108 Å². The van der Waals surface area contributed by atoms with Crippen LogP contribution in [0.1, 0.15) is 77.4 Å². The summed E-state index contributed by atoms with van der Waals surface area (Å²) in [6.07, 6.45) is 9.64. The molecule has 8 rings (SSSR count). The summed E-state index contributed by atoms with van der Waals surface area (Å²) in [5, 5.41) is 26.7. The summed E-state index contributed by atoms with van der Waals surface area (Å²) in [6.45, 7) is 5.07. The molecule has 284 valence electrons. The fraction of sp³-hybridized carbons (Fsp3) is 0.341. The number of fused-ring (bicyclic) bond motifs is 4.